The molecular formula is C28H34FN3O6. The van der Waals surface area contributed by atoms with Crippen LogP contribution in [0.15, 0.2) is 54.6 Å². The molecule has 2 atom stereocenters. The zero-order chi connectivity index (χ0) is 28.1. The third-order valence-electron chi connectivity index (χ3n) is 6.39. The van der Waals surface area contributed by atoms with Gasteiger partial charge in [-0.15, -0.1) is 0 Å². The number of carbonyl (C=O) groups excluding carboxylic acids is 1. The minimum absolute atomic E-state index is 0.0364. The first kappa shape index (κ1) is 28.6. The molecule has 0 saturated carbocycles. The van der Waals surface area contributed by atoms with E-state index in [1.165, 1.54) is 24.3 Å². The van der Waals surface area contributed by atoms with Gasteiger partial charge in [-0.1, -0.05) is 51.1 Å². The number of nitrogens with zero attached hydrogens (tertiary/aromatic N) is 2. The van der Waals surface area contributed by atoms with Crippen molar-refractivity contribution in [1.29, 1.82) is 0 Å². The van der Waals surface area contributed by atoms with Crippen LogP contribution >= 0.6 is 0 Å². The lowest BCUT2D eigenvalue weighted by Gasteiger charge is -2.36. The smallest absolute Gasteiger partial charge is 0.305 e. The van der Waals surface area contributed by atoms with E-state index in [0.717, 1.165) is 4.68 Å². The summed E-state index contributed by atoms with van der Waals surface area (Å²) in [5, 5.41) is 27.3. The molecule has 9 nitrogen and oxygen atoms in total. The second-order valence-corrected chi connectivity index (χ2v) is 10.1. The van der Waals surface area contributed by atoms with Gasteiger partial charge in [0.1, 0.15) is 29.5 Å². The molecule has 0 aliphatic rings. The number of aliphatic carboxylic acids is 1. The number of nitrogens with one attached hydrogen (secondary N) is 1. The van der Waals surface area contributed by atoms with Crippen LogP contribution in [0.4, 0.5) is 4.39 Å². The van der Waals surface area contributed by atoms with Crippen molar-refractivity contribution in [2.75, 3.05) is 13.2 Å². The Labute approximate surface area is 221 Å². The lowest BCUT2D eigenvalue weighted by Crippen LogP contribution is -2.45. The molecule has 0 radical (unpaired) electrons. The van der Waals surface area contributed by atoms with Crippen LogP contribution in [-0.4, -0.2) is 50.7 Å². The van der Waals surface area contributed by atoms with Gasteiger partial charge in [0.15, 0.2) is 5.69 Å². The molecule has 3 rings (SSSR count). The largest absolute Gasteiger partial charge is 0.494 e. The number of halogens is 1. The summed E-state index contributed by atoms with van der Waals surface area (Å²) in [6.07, 6.45) is -0.401. The van der Waals surface area contributed by atoms with Crippen LogP contribution in [-0.2, 0) is 4.79 Å². The van der Waals surface area contributed by atoms with Gasteiger partial charge in [-0.3, -0.25) is 9.59 Å². The fraction of sp³-hybridized carbons (Fsp3) is 0.393. The predicted octanol–water partition coefficient (Wildman–Crippen LogP) is 4.53. The molecule has 1 aromatic heterocycles. The molecule has 2 aromatic carbocycles. The average molecular weight is 528 g/mol. The Bertz CT molecular complexity index is 1280. The van der Waals surface area contributed by atoms with E-state index >= 15 is 0 Å². The topological polar surface area (TPSA) is 123 Å². The Balaban J connectivity index is 1.98. The normalized spacial score (nSPS) is 13.9. The quantitative estimate of drug-likeness (QED) is 0.335. The molecule has 0 unspecified atom stereocenters. The molecular weight excluding hydrogens is 493 g/mol. The van der Waals surface area contributed by atoms with Crippen LogP contribution in [0.1, 0.15) is 63.1 Å². The van der Waals surface area contributed by atoms with E-state index in [9.17, 15) is 24.2 Å². The van der Waals surface area contributed by atoms with Crippen LogP contribution in [0.25, 0.3) is 5.69 Å². The van der Waals surface area contributed by atoms with E-state index in [1.807, 2.05) is 20.8 Å². The molecule has 1 amide bonds. The number of ether oxygens (including phenoxy) is 2. The molecule has 0 bridgehead atoms. The van der Waals surface area contributed by atoms with Gasteiger partial charge in [0.05, 0.1) is 19.1 Å². The molecule has 0 aliphatic carbocycles. The van der Waals surface area contributed by atoms with Gasteiger partial charge in [0.25, 0.3) is 5.91 Å². The molecule has 0 aliphatic heterocycles. The van der Waals surface area contributed by atoms with Crippen molar-refractivity contribution in [1.82, 2.24) is 15.1 Å². The number of carboxylic acids is 1. The van der Waals surface area contributed by atoms with Crippen LogP contribution < -0.4 is 14.8 Å². The summed E-state index contributed by atoms with van der Waals surface area (Å²) >= 11 is 0. The highest BCUT2D eigenvalue weighted by Crippen LogP contribution is 2.32. The Kier molecular flexibility index (Phi) is 8.78. The molecule has 0 spiro atoms. The zero-order valence-corrected chi connectivity index (χ0v) is 22.2. The van der Waals surface area contributed by atoms with E-state index in [0.29, 0.717) is 17.9 Å². The fourth-order valence-corrected chi connectivity index (χ4v) is 3.51. The van der Waals surface area contributed by atoms with Gasteiger partial charge in [-0.05, 0) is 37.5 Å². The Morgan fingerprint density at radius 2 is 1.74 bits per heavy atom. The molecule has 10 heteroatoms. The number of benzene rings is 2. The maximum Gasteiger partial charge on any atom is 0.305 e. The van der Waals surface area contributed by atoms with Crippen molar-refractivity contribution in [2.45, 2.75) is 52.7 Å². The monoisotopic (exact) mass is 527 g/mol. The fourth-order valence-electron chi connectivity index (χ4n) is 3.51. The maximum atomic E-state index is 14.7. The van der Waals surface area contributed by atoms with Crippen molar-refractivity contribution in [2.24, 2.45) is 5.41 Å². The van der Waals surface area contributed by atoms with E-state index in [-0.39, 0.29) is 23.9 Å². The first-order chi connectivity index (χ1) is 17.8. The summed E-state index contributed by atoms with van der Waals surface area (Å²) in [7, 11) is 0. The second kappa shape index (κ2) is 11.6. The summed E-state index contributed by atoms with van der Waals surface area (Å²) in [5.41, 5.74) is -1.37. The van der Waals surface area contributed by atoms with Gasteiger partial charge in [0, 0.05) is 11.6 Å². The number of hydrogen-bond acceptors (Lipinski definition) is 6. The second-order valence-electron chi connectivity index (χ2n) is 10.1. The van der Waals surface area contributed by atoms with Gasteiger partial charge in [-0.2, -0.15) is 9.78 Å². The van der Waals surface area contributed by atoms with E-state index < -0.39 is 41.2 Å². The summed E-state index contributed by atoms with van der Waals surface area (Å²) in [6, 6.07) is 13.1. The SMILES string of the molecule is CCOc1ccccc1[C@H](CC(=O)O)NC(=O)c1cc(OC[C@@](C)(O)C(C)(C)C)n(-c2ccccc2F)n1. The molecule has 0 saturated heterocycles. The minimum Gasteiger partial charge on any atom is -0.494 e. The number of rotatable bonds is 11. The number of carbonyl (C=O) groups is 2. The van der Waals surface area contributed by atoms with E-state index in [2.05, 4.69) is 10.4 Å². The van der Waals surface area contributed by atoms with Crippen molar-refractivity contribution >= 4 is 11.9 Å². The highest BCUT2D eigenvalue weighted by atomic mass is 19.1. The number of amides is 1. The van der Waals surface area contributed by atoms with Gasteiger partial charge >= 0.3 is 5.97 Å². The van der Waals surface area contributed by atoms with Crippen LogP contribution in [0.5, 0.6) is 11.6 Å². The average Bonchev–Trinajstić information content (AvgIpc) is 3.26. The zero-order valence-electron chi connectivity index (χ0n) is 22.2. The number of aromatic nitrogens is 2. The summed E-state index contributed by atoms with van der Waals surface area (Å²) in [5.74, 6) is -1.91. The Morgan fingerprint density at radius 3 is 2.37 bits per heavy atom. The lowest BCUT2D eigenvalue weighted by molar-refractivity contribution is -0.137. The Morgan fingerprint density at radius 1 is 1.08 bits per heavy atom. The third-order valence-corrected chi connectivity index (χ3v) is 6.39. The van der Waals surface area contributed by atoms with Gasteiger partial charge in [0.2, 0.25) is 5.88 Å². The minimum atomic E-state index is -1.25. The molecule has 3 N–H and O–H groups in total. The van der Waals surface area contributed by atoms with Gasteiger partial charge in [-0.25, -0.2) is 4.39 Å². The highest BCUT2D eigenvalue weighted by molar-refractivity contribution is 5.93. The van der Waals surface area contributed by atoms with Crippen LogP contribution in [0.2, 0.25) is 0 Å². The van der Waals surface area contributed by atoms with E-state index in [4.69, 9.17) is 9.47 Å². The maximum absolute atomic E-state index is 14.7. The summed E-state index contributed by atoms with van der Waals surface area (Å²) in [4.78, 5) is 24.9. The third kappa shape index (κ3) is 6.69. The summed E-state index contributed by atoms with van der Waals surface area (Å²) in [6.45, 7) is 9.19. The van der Waals surface area contributed by atoms with Crippen LogP contribution in [0.3, 0.4) is 0 Å². The molecule has 38 heavy (non-hydrogen) atoms. The van der Waals surface area contributed by atoms with E-state index in [1.54, 1.807) is 44.2 Å². The predicted molar refractivity (Wildman–Crippen MR) is 139 cm³/mol. The Hall–Kier alpha value is -3.92. The number of para-hydroxylation sites is 2. The van der Waals surface area contributed by atoms with Crippen molar-refractivity contribution in [3.05, 3.63) is 71.7 Å². The first-order valence-electron chi connectivity index (χ1n) is 12.3. The number of carboxylic acid groups (broad SMARTS) is 1. The number of hydrogen-bond donors (Lipinski definition) is 3. The molecule has 0 fully saturated rings. The van der Waals surface area contributed by atoms with Crippen molar-refractivity contribution in [3.8, 4) is 17.3 Å². The molecule has 1 heterocycles. The number of aliphatic hydroxyl groups is 1. The van der Waals surface area contributed by atoms with Crippen molar-refractivity contribution < 1.29 is 33.7 Å². The standard InChI is InChI=1S/C28H34FN3O6/c1-6-37-23-14-10-7-11-18(23)20(16-25(33)34)30-26(35)21-15-24(38-17-28(5,36)27(2,3)4)32(31-21)22-13-9-8-12-19(22)29/h7-15,20,36H,6,16-17H2,1-5H3,(H,30,35)(H,33,34)/t20-,28+/m0/s1. The van der Waals surface area contributed by atoms with Crippen LogP contribution in [0, 0.1) is 11.2 Å². The molecule has 3 aromatic rings. The van der Waals surface area contributed by atoms with Gasteiger partial charge < -0.3 is 25.0 Å². The van der Waals surface area contributed by atoms with Crippen molar-refractivity contribution in [3.63, 3.8) is 0 Å². The first-order valence-corrected chi connectivity index (χ1v) is 12.3. The highest BCUT2D eigenvalue weighted by Gasteiger charge is 2.36. The summed E-state index contributed by atoms with van der Waals surface area (Å²) < 4.78 is 27.3. The molecule has 204 valence electrons. The lowest BCUT2D eigenvalue weighted by atomic mass is 9.78.